The number of para-hydroxylation sites is 1. The van der Waals surface area contributed by atoms with Crippen LogP contribution in [0.4, 0.5) is 0 Å². The molecule has 1 aliphatic carbocycles. The molecule has 2 aromatic heterocycles. The molecule has 1 unspecified atom stereocenters. The number of benzene rings is 8. The van der Waals surface area contributed by atoms with Crippen LogP contribution in [0.15, 0.2) is 202 Å². The van der Waals surface area contributed by atoms with Gasteiger partial charge in [0.1, 0.15) is 11.2 Å². The zero-order valence-electron chi connectivity index (χ0n) is 31.7. The number of nitrogens with zero attached hydrogens (tertiary/aromatic N) is 3. The van der Waals surface area contributed by atoms with E-state index < -0.39 is 5.41 Å². The van der Waals surface area contributed by atoms with Crippen LogP contribution in [0.5, 0.6) is 0 Å². The molecule has 59 heavy (non-hydrogen) atoms. The fourth-order valence-electron chi connectivity index (χ4n) is 9.13. The van der Waals surface area contributed by atoms with E-state index >= 15 is 0 Å². The van der Waals surface area contributed by atoms with Crippen molar-refractivity contribution < 1.29 is 4.42 Å². The maximum absolute atomic E-state index is 6.64. The Morgan fingerprint density at radius 3 is 1.78 bits per heavy atom. The standard InChI is InChI=1S/C54H33N3OS/c1-3-14-34(15-4-1)38-19-13-20-39(30-38)52-55-51(37-17-5-2-6-18-37)56-53(57-52)40-29-28-36-27-26-35-16-7-9-22-43(35)54(45(36)31-40)44-23-10-12-25-49(44)59-50-32-42-41-21-8-11-24-47(41)58-48(42)33-46(50)54/h1-33H. The van der Waals surface area contributed by atoms with Crippen LogP contribution >= 0.6 is 11.8 Å². The second-order valence-corrected chi connectivity index (χ2v) is 16.2. The molecule has 4 nitrogen and oxygen atoms in total. The number of fused-ring (bicyclic) bond motifs is 11. The lowest BCUT2D eigenvalue weighted by atomic mass is 9.63. The van der Waals surface area contributed by atoms with Crippen LogP contribution in [0.25, 0.3) is 79.4 Å². The predicted octanol–water partition coefficient (Wildman–Crippen LogP) is 13.8. The highest BCUT2D eigenvalue weighted by Gasteiger charge is 2.47. The average molecular weight is 772 g/mol. The molecule has 1 aliphatic heterocycles. The van der Waals surface area contributed by atoms with Gasteiger partial charge in [0.2, 0.25) is 0 Å². The smallest absolute Gasteiger partial charge is 0.164 e. The molecule has 2 aliphatic rings. The largest absolute Gasteiger partial charge is 0.456 e. The zero-order valence-corrected chi connectivity index (χ0v) is 32.5. The topological polar surface area (TPSA) is 51.8 Å². The summed E-state index contributed by atoms with van der Waals surface area (Å²) in [6, 6.07) is 66.5. The molecular formula is C54H33N3OS. The van der Waals surface area contributed by atoms with Crippen LogP contribution in [-0.2, 0) is 5.41 Å². The first kappa shape index (κ1) is 33.8. The van der Waals surface area contributed by atoms with E-state index in [1.54, 1.807) is 0 Å². The van der Waals surface area contributed by atoms with Crippen LogP contribution in [-0.4, -0.2) is 15.0 Å². The van der Waals surface area contributed by atoms with Crippen molar-refractivity contribution in [1.82, 2.24) is 15.0 Å². The van der Waals surface area contributed by atoms with E-state index in [2.05, 4.69) is 170 Å². The van der Waals surface area contributed by atoms with Crippen LogP contribution in [0.2, 0.25) is 0 Å². The first-order valence-corrected chi connectivity index (χ1v) is 20.7. The molecule has 12 rings (SSSR count). The fourth-order valence-corrected chi connectivity index (χ4v) is 10.3. The van der Waals surface area contributed by atoms with Gasteiger partial charge in [-0.2, -0.15) is 0 Å². The highest BCUT2D eigenvalue weighted by atomic mass is 32.2. The molecule has 0 amide bonds. The van der Waals surface area contributed by atoms with E-state index in [1.807, 2.05) is 42.1 Å². The van der Waals surface area contributed by atoms with Crippen molar-refractivity contribution in [2.75, 3.05) is 0 Å². The molecule has 10 aromatic rings. The highest BCUT2D eigenvalue weighted by Crippen LogP contribution is 2.59. The monoisotopic (exact) mass is 771 g/mol. The number of furan rings is 1. The molecule has 1 atom stereocenters. The van der Waals surface area contributed by atoms with Crippen molar-refractivity contribution in [3.8, 4) is 45.3 Å². The highest BCUT2D eigenvalue weighted by molar-refractivity contribution is 7.99. The minimum Gasteiger partial charge on any atom is -0.456 e. The lowest BCUT2D eigenvalue weighted by molar-refractivity contribution is 0.659. The molecule has 0 bridgehead atoms. The van der Waals surface area contributed by atoms with Gasteiger partial charge in [0.25, 0.3) is 0 Å². The Hall–Kier alpha value is -7.34. The molecule has 0 radical (unpaired) electrons. The van der Waals surface area contributed by atoms with Crippen molar-refractivity contribution in [1.29, 1.82) is 0 Å². The van der Waals surface area contributed by atoms with E-state index in [9.17, 15) is 0 Å². The molecule has 0 N–H and O–H groups in total. The Kier molecular flexibility index (Phi) is 7.65. The molecule has 0 saturated heterocycles. The number of rotatable bonds is 4. The number of aromatic nitrogens is 3. The maximum atomic E-state index is 6.64. The molecule has 0 fully saturated rings. The van der Waals surface area contributed by atoms with Crippen molar-refractivity contribution in [2.24, 2.45) is 0 Å². The van der Waals surface area contributed by atoms with Crippen LogP contribution in [0, 0.1) is 0 Å². The normalized spacial score (nSPS) is 15.1. The molecule has 0 saturated carbocycles. The summed E-state index contributed by atoms with van der Waals surface area (Å²) in [5.41, 5.74) is 13.2. The van der Waals surface area contributed by atoms with Gasteiger partial charge in [-0.25, -0.2) is 15.0 Å². The van der Waals surface area contributed by atoms with Gasteiger partial charge in [0.05, 0.1) is 5.41 Å². The molecule has 3 heterocycles. The third-order valence-corrected chi connectivity index (χ3v) is 12.9. The minimum absolute atomic E-state index is 0.616. The molecule has 1 spiro atoms. The van der Waals surface area contributed by atoms with Crippen molar-refractivity contribution in [3.05, 3.63) is 221 Å². The van der Waals surface area contributed by atoms with Gasteiger partial charge in [-0.1, -0.05) is 176 Å². The molecule has 5 heteroatoms. The van der Waals surface area contributed by atoms with Crippen LogP contribution in [0.1, 0.15) is 33.4 Å². The summed E-state index contributed by atoms with van der Waals surface area (Å²) >= 11 is 1.84. The summed E-state index contributed by atoms with van der Waals surface area (Å²) in [4.78, 5) is 18.1. The Morgan fingerprint density at radius 1 is 0.356 bits per heavy atom. The SMILES string of the molecule is C1=Cc2ccc(-c3nc(-c4ccccc4)nc(-c4cccc(-c5ccccc5)c4)n3)cc2C2(c3ccccc31)c1ccccc1Sc1cc3c(cc12)oc1ccccc13. The Labute approximate surface area is 345 Å². The van der Waals surface area contributed by atoms with Gasteiger partial charge in [-0.15, -0.1) is 0 Å². The summed E-state index contributed by atoms with van der Waals surface area (Å²) in [6.07, 6.45) is 4.53. The van der Waals surface area contributed by atoms with Crippen molar-refractivity contribution >= 4 is 45.9 Å². The summed E-state index contributed by atoms with van der Waals surface area (Å²) in [5, 5.41) is 2.25. The van der Waals surface area contributed by atoms with Crippen molar-refractivity contribution in [2.45, 2.75) is 15.2 Å². The van der Waals surface area contributed by atoms with Gasteiger partial charge in [0.15, 0.2) is 17.5 Å². The predicted molar refractivity (Wildman–Crippen MR) is 240 cm³/mol. The average Bonchev–Trinajstić information content (AvgIpc) is 3.60. The molecule has 8 aromatic carbocycles. The second kappa shape index (κ2) is 13.4. The summed E-state index contributed by atoms with van der Waals surface area (Å²) < 4.78 is 6.64. The van der Waals surface area contributed by atoms with Gasteiger partial charge < -0.3 is 4.42 Å². The van der Waals surface area contributed by atoms with Gasteiger partial charge in [-0.3, -0.25) is 0 Å². The van der Waals surface area contributed by atoms with E-state index in [0.29, 0.717) is 17.5 Å². The van der Waals surface area contributed by atoms with Crippen molar-refractivity contribution in [3.63, 3.8) is 0 Å². The lowest BCUT2D eigenvalue weighted by Crippen LogP contribution is -2.35. The maximum Gasteiger partial charge on any atom is 0.164 e. The van der Waals surface area contributed by atoms with E-state index in [1.165, 1.54) is 32.0 Å². The molecule has 276 valence electrons. The van der Waals surface area contributed by atoms with E-state index in [-0.39, 0.29) is 0 Å². The summed E-state index contributed by atoms with van der Waals surface area (Å²) in [6.45, 7) is 0. The van der Waals surface area contributed by atoms with E-state index in [0.717, 1.165) is 60.9 Å². The third kappa shape index (κ3) is 5.36. The molecular weight excluding hydrogens is 739 g/mol. The Bertz CT molecular complexity index is 3320. The third-order valence-electron chi connectivity index (χ3n) is 11.8. The van der Waals surface area contributed by atoms with Crippen LogP contribution in [0.3, 0.4) is 0 Å². The minimum atomic E-state index is -0.697. The second-order valence-electron chi connectivity index (χ2n) is 15.1. The Balaban J connectivity index is 1.13. The Morgan fingerprint density at radius 2 is 0.966 bits per heavy atom. The van der Waals surface area contributed by atoms with Gasteiger partial charge in [0, 0.05) is 37.3 Å². The van der Waals surface area contributed by atoms with E-state index in [4.69, 9.17) is 19.4 Å². The van der Waals surface area contributed by atoms with Crippen LogP contribution < -0.4 is 0 Å². The first-order chi connectivity index (χ1) is 29.2. The van der Waals surface area contributed by atoms with Gasteiger partial charge in [-0.05, 0) is 80.9 Å². The number of hydrogen-bond acceptors (Lipinski definition) is 5. The van der Waals surface area contributed by atoms with Gasteiger partial charge >= 0.3 is 0 Å². The summed E-state index contributed by atoms with van der Waals surface area (Å²) in [7, 11) is 0. The zero-order chi connectivity index (χ0) is 38.9. The first-order valence-electron chi connectivity index (χ1n) is 19.8. The fraction of sp³-hybridized carbons (Fsp3) is 0.0185. The quantitative estimate of drug-likeness (QED) is 0.178. The lowest BCUT2D eigenvalue weighted by Gasteiger charge is -2.42. The number of hydrogen-bond donors (Lipinski definition) is 0. The summed E-state index contributed by atoms with van der Waals surface area (Å²) in [5.74, 6) is 1.87.